The van der Waals surface area contributed by atoms with Crippen LogP contribution in [0.4, 0.5) is 10.5 Å². The summed E-state index contributed by atoms with van der Waals surface area (Å²) < 4.78 is 0. The summed E-state index contributed by atoms with van der Waals surface area (Å²) in [5.41, 5.74) is 5.03. The van der Waals surface area contributed by atoms with Gasteiger partial charge in [-0.1, -0.05) is 41.4 Å². The predicted octanol–water partition coefficient (Wildman–Crippen LogP) is 5.00. The fraction of sp³-hybridized carbons (Fsp3) is 0.391. The molecule has 0 heterocycles. The summed E-state index contributed by atoms with van der Waals surface area (Å²) in [6.07, 6.45) is 2.17. The van der Waals surface area contributed by atoms with E-state index in [1.54, 1.807) is 7.05 Å². The number of urea groups is 1. The molecule has 29 heavy (non-hydrogen) atoms. The van der Waals surface area contributed by atoms with Gasteiger partial charge in [-0.25, -0.2) is 4.79 Å². The first kappa shape index (κ1) is 21.2. The first-order chi connectivity index (χ1) is 13.7. The van der Waals surface area contributed by atoms with Crippen molar-refractivity contribution in [2.45, 2.75) is 39.7 Å². The fourth-order valence-electron chi connectivity index (χ4n) is 3.66. The molecule has 0 saturated heterocycles. The normalized spacial score (nSPS) is 14.2. The van der Waals surface area contributed by atoms with Gasteiger partial charge < -0.3 is 15.5 Å². The molecule has 0 radical (unpaired) electrons. The van der Waals surface area contributed by atoms with E-state index in [-0.39, 0.29) is 24.5 Å². The van der Waals surface area contributed by atoms with Crippen molar-refractivity contribution in [2.24, 2.45) is 5.92 Å². The fourth-order valence-corrected chi connectivity index (χ4v) is 3.79. The van der Waals surface area contributed by atoms with Crippen molar-refractivity contribution in [1.29, 1.82) is 0 Å². The van der Waals surface area contributed by atoms with Crippen molar-refractivity contribution in [3.8, 4) is 0 Å². The summed E-state index contributed by atoms with van der Waals surface area (Å²) in [4.78, 5) is 26.6. The maximum atomic E-state index is 12.7. The standard InChI is InChI=1S/C23H28ClN3O2/c1-14-11-15(2)21(16(3)12-14)25-20(28)13-27(4)23(29)26-22(17-5-6-17)18-7-9-19(24)10-8-18/h7-12,17,22H,5-6,13H2,1-4H3,(H,25,28)(H,26,29)/t22-/m1/s1. The Hall–Kier alpha value is -2.53. The van der Waals surface area contributed by atoms with E-state index in [0.29, 0.717) is 10.9 Å². The number of amides is 3. The number of halogens is 1. The van der Waals surface area contributed by atoms with Crippen molar-refractivity contribution in [2.75, 3.05) is 18.9 Å². The van der Waals surface area contributed by atoms with Crippen LogP contribution in [-0.2, 0) is 4.79 Å². The highest BCUT2D eigenvalue weighted by Gasteiger charge is 2.34. The lowest BCUT2D eigenvalue weighted by Crippen LogP contribution is -2.43. The number of nitrogens with one attached hydrogen (secondary N) is 2. The number of carbonyl (C=O) groups excluding carboxylic acids is 2. The molecular formula is C23H28ClN3O2. The summed E-state index contributed by atoms with van der Waals surface area (Å²) in [6.45, 7) is 5.95. The Balaban J connectivity index is 1.61. The van der Waals surface area contributed by atoms with Crippen LogP contribution >= 0.6 is 11.6 Å². The monoisotopic (exact) mass is 413 g/mol. The van der Waals surface area contributed by atoms with E-state index in [1.807, 2.05) is 57.2 Å². The second kappa shape index (κ2) is 8.87. The molecule has 1 aliphatic rings. The third-order valence-electron chi connectivity index (χ3n) is 5.27. The van der Waals surface area contributed by atoms with Crippen LogP contribution in [0.5, 0.6) is 0 Å². The van der Waals surface area contributed by atoms with E-state index >= 15 is 0 Å². The molecule has 0 spiro atoms. The Kier molecular flexibility index (Phi) is 6.48. The smallest absolute Gasteiger partial charge is 0.318 e. The van der Waals surface area contributed by atoms with Crippen molar-refractivity contribution >= 4 is 29.2 Å². The van der Waals surface area contributed by atoms with Crippen molar-refractivity contribution < 1.29 is 9.59 Å². The van der Waals surface area contributed by atoms with Gasteiger partial charge in [-0.15, -0.1) is 0 Å². The van der Waals surface area contributed by atoms with Gasteiger partial charge in [0.1, 0.15) is 6.54 Å². The van der Waals surface area contributed by atoms with Crippen LogP contribution in [0.3, 0.4) is 0 Å². The van der Waals surface area contributed by atoms with E-state index in [1.165, 1.54) is 4.90 Å². The van der Waals surface area contributed by atoms with Crippen LogP contribution in [0.25, 0.3) is 0 Å². The van der Waals surface area contributed by atoms with Gasteiger partial charge in [0.2, 0.25) is 5.91 Å². The average molecular weight is 414 g/mol. The number of nitrogens with zero attached hydrogens (tertiary/aromatic N) is 1. The number of likely N-dealkylation sites (N-methyl/N-ethyl adjacent to an activating group) is 1. The maximum Gasteiger partial charge on any atom is 0.318 e. The summed E-state index contributed by atoms with van der Waals surface area (Å²) >= 11 is 5.98. The second-order valence-corrected chi connectivity index (χ2v) is 8.43. The first-order valence-electron chi connectivity index (χ1n) is 9.89. The summed E-state index contributed by atoms with van der Waals surface area (Å²) in [5.74, 6) is 0.215. The Bertz CT molecular complexity index is 884. The van der Waals surface area contributed by atoms with Crippen molar-refractivity contribution in [3.63, 3.8) is 0 Å². The number of anilines is 1. The molecule has 0 bridgehead atoms. The zero-order chi connectivity index (χ0) is 21.1. The minimum atomic E-state index is -0.260. The quantitative estimate of drug-likeness (QED) is 0.700. The van der Waals surface area contributed by atoms with Gasteiger partial charge in [-0.3, -0.25) is 4.79 Å². The van der Waals surface area contributed by atoms with E-state index in [9.17, 15) is 9.59 Å². The molecule has 3 rings (SSSR count). The van der Waals surface area contributed by atoms with Crippen molar-refractivity contribution in [1.82, 2.24) is 10.2 Å². The number of hydrogen-bond donors (Lipinski definition) is 2. The van der Waals surface area contributed by atoms with E-state index in [4.69, 9.17) is 11.6 Å². The molecule has 1 aliphatic carbocycles. The lowest BCUT2D eigenvalue weighted by molar-refractivity contribution is -0.116. The predicted molar refractivity (Wildman–Crippen MR) is 117 cm³/mol. The molecule has 6 heteroatoms. The summed E-state index contributed by atoms with van der Waals surface area (Å²) in [6, 6.07) is 11.3. The Labute approximate surface area is 177 Å². The van der Waals surface area contributed by atoms with Gasteiger partial charge in [-0.2, -0.15) is 0 Å². The minimum Gasteiger partial charge on any atom is -0.331 e. The third kappa shape index (κ3) is 5.51. The number of hydrogen-bond acceptors (Lipinski definition) is 2. The highest BCUT2D eigenvalue weighted by molar-refractivity contribution is 6.30. The Morgan fingerprint density at radius 3 is 2.24 bits per heavy atom. The number of aryl methyl sites for hydroxylation is 3. The first-order valence-corrected chi connectivity index (χ1v) is 10.3. The van der Waals surface area contributed by atoms with Crippen LogP contribution in [0.2, 0.25) is 5.02 Å². The second-order valence-electron chi connectivity index (χ2n) is 7.99. The third-order valence-corrected chi connectivity index (χ3v) is 5.52. The van der Waals surface area contributed by atoms with Crippen LogP contribution in [-0.4, -0.2) is 30.4 Å². The lowest BCUT2D eigenvalue weighted by Gasteiger charge is -2.24. The molecule has 2 aromatic rings. The zero-order valence-corrected chi connectivity index (χ0v) is 18.1. The van der Waals surface area contributed by atoms with Crippen molar-refractivity contribution in [3.05, 3.63) is 63.7 Å². The SMILES string of the molecule is Cc1cc(C)c(NC(=O)CN(C)C(=O)N[C@@H](c2ccc(Cl)cc2)C2CC2)c(C)c1. The van der Waals surface area contributed by atoms with Gasteiger partial charge in [0.05, 0.1) is 6.04 Å². The molecule has 0 aliphatic heterocycles. The molecule has 0 aromatic heterocycles. The van der Waals surface area contributed by atoms with Crippen LogP contribution < -0.4 is 10.6 Å². The largest absolute Gasteiger partial charge is 0.331 e. The number of benzene rings is 2. The molecule has 1 fully saturated rings. The highest BCUT2D eigenvalue weighted by atomic mass is 35.5. The molecule has 0 unspecified atom stereocenters. The van der Waals surface area contributed by atoms with Crippen LogP contribution in [0, 0.1) is 26.7 Å². The van der Waals surface area contributed by atoms with E-state index < -0.39 is 0 Å². The summed E-state index contributed by atoms with van der Waals surface area (Å²) in [5, 5.41) is 6.69. The highest BCUT2D eigenvalue weighted by Crippen LogP contribution is 2.41. The molecule has 1 atom stereocenters. The van der Waals surface area contributed by atoms with Crippen LogP contribution in [0.15, 0.2) is 36.4 Å². The lowest BCUT2D eigenvalue weighted by atomic mass is 10.0. The number of carbonyl (C=O) groups is 2. The van der Waals surface area contributed by atoms with Gasteiger partial charge >= 0.3 is 6.03 Å². The van der Waals surface area contributed by atoms with Gasteiger partial charge in [0, 0.05) is 17.8 Å². The zero-order valence-electron chi connectivity index (χ0n) is 17.4. The minimum absolute atomic E-state index is 0.0173. The molecule has 1 saturated carbocycles. The number of rotatable bonds is 6. The van der Waals surface area contributed by atoms with Crippen LogP contribution in [0.1, 0.15) is 41.1 Å². The molecule has 5 nitrogen and oxygen atoms in total. The van der Waals surface area contributed by atoms with Gasteiger partial charge in [0.15, 0.2) is 0 Å². The molecule has 3 amide bonds. The van der Waals surface area contributed by atoms with E-state index in [2.05, 4.69) is 10.6 Å². The molecular weight excluding hydrogens is 386 g/mol. The summed E-state index contributed by atoms with van der Waals surface area (Å²) in [7, 11) is 1.63. The van der Waals surface area contributed by atoms with Gasteiger partial charge in [-0.05, 0) is 68.4 Å². The maximum absolute atomic E-state index is 12.7. The van der Waals surface area contributed by atoms with Gasteiger partial charge in [0.25, 0.3) is 0 Å². The Morgan fingerprint density at radius 2 is 1.69 bits per heavy atom. The van der Waals surface area contributed by atoms with E-state index in [0.717, 1.165) is 40.8 Å². The topological polar surface area (TPSA) is 61.4 Å². The Morgan fingerprint density at radius 1 is 1.10 bits per heavy atom. The average Bonchev–Trinajstić information content (AvgIpc) is 3.48. The molecule has 2 aromatic carbocycles. The molecule has 2 N–H and O–H groups in total. The molecule has 154 valence electrons.